The van der Waals surface area contributed by atoms with Crippen LogP contribution in [-0.4, -0.2) is 43.4 Å². The summed E-state index contributed by atoms with van der Waals surface area (Å²) in [6.07, 6.45) is 4.82. The molecule has 4 N–H and O–H groups in total. The van der Waals surface area contributed by atoms with E-state index in [9.17, 15) is 4.79 Å². The molecule has 5 aromatic rings. The zero-order chi connectivity index (χ0) is 27.9. The number of nitrogen functional groups attached to an aromatic ring is 1. The number of rotatable bonds is 7. The molecule has 0 spiro atoms. The summed E-state index contributed by atoms with van der Waals surface area (Å²) in [6.45, 7) is 5.29. The van der Waals surface area contributed by atoms with Crippen molar-refractivity contribution in [3.8, 4) is 28.3 Å². The number of nitrogens with two attached hydrogens (primary N) is 2. The third-order valence-corrected chi connectivity index (χ3v) is 7.99. The molecule has 202 valence electrons. The number of anilines is 1. The van der Waals surface area contributed by atoms with Crippen LogP contribution in [0.1, 0.15) is 49.0 Å². The SMILES string of the molecule is CCN(CC)C(=O)c1cccc(-c2ccc3nc(-c4cccnc4N)n(-c4ccc(C5(N)CCC5)cc4)c3n2)c1. The summed E-state index contributed by atoms with van der Waals surface area (Å²) in [5, 5.41) is 0. The van der Waals surface area contributed by atoms with Gasteiger partial charge in [-0.3, -0.25) is 9.36 Å². The van der Waals surface area contributed by atoms with E-state index in [1.54, 1.807) is 6.20 Å². The molecule has 8 nitrogen and oxygen atoms in total. The van der Waals surface area contributed by atoms with Crippen LogP contribution in [0.3, 0.4) is 0 Å². The Morgan fingerprint density at radius 1 is 0.975 bits per heavy atom. The summed E-state index contributed by atoms with van der Waals surface area (Å²) in [7, 11) is 0. The molecule has 0 unspecified atom stereocenters. The summed E-state index contributed by atoms with van der Waals surface area (Å²) in [5.41, 5.74) is 19.1. The van der Waals surface area contributed by atoms with E-state index in [1.165, 1.54) is 0 Å². The molecule has 0 bridgehead atoms. The zero-order valence-corrected chi connectivity index (χ0v) is 22.8. The number of hydrogen-bond acceptors (Lipinski definition) is 6. The number of carbonyl (C=O) groups is 1. The van der Waals surface area contributed by atoms with Crippen LogP contribution in [-0.2, 0) is 5.54 Å². The van der Waals surface area contributed by atoms with Gasteiger partial charge in [-0.25, -0.2) is 15.0 Å². The molecule has 0 saturated heterocycles. The number of amides is 1. The first-order valence-electron chi connectivity index (χ1n) is 13.8. The number of carbonyl (C=O) groups excluding carboxylic acids is 1. The predicted octanol–water partition coefficient (Wildman–Crippen LogP) is 5.55. The lowest BCUT2D eigenvalue weighted by molar-refractivity contribution is 0.0773. The highest BCUT2D eigenvalue weighted by atomic mass is 16.2. The normalized spacial score (nSPS) is 14.2. The van der Waals surface area contributed by atoms with Gasteiger partial charge >= 0.3 is 0 Å². The number of pyridine rings is 2. The highest BCUT2D eigenvalue weighted by Gasteiger charge is 2.34. The maximum atomic E-state index is 13.0. The van der Waals surface area contributed by atoms with Crippen LogP contribution in [0.5, 0.6) is 0 Å². The largest absolute Gasteiger partial charge is 0.383 e. The van der Waals surface area contributed by atoms with Crippen molar-refractivity contribution < 1.29 is 4.79 Å². The number of hydrogen-bond donors (Lipinski definition) is 2. The third-order valence-electron chi connectivity index (χ3n) is 7.99. The first-order chi connectivity index (χ1) is 19.4. The number of aromatic nitrogens is 4. The van der Waals surface area contributed by atoms with E-state index in [-0.39, 0.29) is 11.4 Å². The van der Waals surface area contributed by atoms with Gasteiger partial charge in [0.25, 0.3) is 5.91 Å². The second-order valence-electron chi connectivity index (χ2n) is 10.4. The predicted molar refractivity (Wildman–Crippen MR) is 159 cm³/mol. The van der Waals surface area contributed by atoms with E-state index in [1.807, 2.05) is 71.8 Å². The second kappa shape index (κ2) is 10.2. The average Bonchev–Trinajstić information content (AvgIpc) is 3.35. The first kappa shape index (κ1) is 25.7. The summed E-state index contributed by atoms with van der Waals surface area (Å²) >= 11 is 0. The lowest BCUT2D eigenvalue weighted by Gasteiger charge is -2.38. The van der Waals surface area contributed by atoms with Crippen molar-refractivity contribution in [3.05, 3.63) is 90.1 Å². The molecular formula is C32H33N7O. The van der Waals surface area contributed by atoms with E-state index in [4.69, 9.17) is 21.4 Å². The van der Waals surface area contributed by atoms with Gasteiger partial charge in [-0.1, -0.05) is 24.3 Å². The van der Waals surface area contributed by atoms with Crippen LogP contribution in [0.25, 0.3) is 39.5 Å². The van der Waals surface area contributed by atoms with E-state index in [0.717, 1.165) is 52.9 Å². The minimum atomic E-state index is -0.245. The van der Waals surface area contributed by atoms with E-state index in [2.05, 4.69) is 29.2 Å². The van der Waals surface area contributed by atoms with Gasteiger partial charge in [-0.2, -0.15) is 0 Å². The highest BCUT2D eigenvalue weighted by molar-refractivity contribution is 5.95. The molecule has 3 heterocycles. The highest BCUT2D eigenvalue weighted by Crippen LogP contribution is 2.39. The number of benzene rings is 2. The smallest absolute Gasteiger partial charge is 0.253 e. The summed E-state index contributed by atoms with van der Waals surface area (Å²) in [6, 6.07) is 23.6. The molecule has 0 radical (unpaired) electrons. The minimum Gasteiger partial charge on any atom is -0.383 e. The van der Waals surface area contributed by atoms with Crippen molar-refractivity contribution >= 4 is 22.9 Å². The molecule has 1 aliphatic rings. The van der Waals surface area contributed by atoms with Gasteiger partial charge in [0.15, 0.2) is 11.5 Å². The van der Waals surface area contributed by atoms with Gasteiger partial charge in [-0.15, -0.1) is 0 Å². The van der Waals surface area contributed by atoms with Crippen molar-refractivity contribution in [2.45, 2.75) is 38.6 Å². The van der Waals surface area contributed by atoms with Gasteiger partial charge in [-0.05, 0) is 87.2 Å². The Kier molecular flexibility index (Phi) is 6.56. The van der Waals surface area contributed by atoms with Gasteiger partial charge in [0, 0.05) is 41.6 Å². The fourth-order valence-electron chi connectivity index (χ4n) is 5.44. The molecule has 8 heteroatoms. The van der Waals surface area contributed by atoms with E-state index < -0.39 is 0 Å². The second-order valence-corrected chi connectivity index (χ2v) is 10.4. The monoisotopic (exact) mass is 531 g/mol. The number of imidazole rings is 1. The van der Waals surface area contributed by atoms with Crippen molar-refractivity contribution in [1.29, 1.82) is 0 Å². The quantitative estimate of drug-likeness (QED) is 0.284. The Morgan fingerprint density at radius 3 is 2.42 bits per heavy atom. The molecule has 2 aromatic carbocycles. The van der Waals surface area contributed by atoms with Gasteiger partial charge in [0.05, 0.1) is 11.3 Å². The van der Waals surface area contributed by atoms with Crippen molar-refractivity contribution in [2.24, 2.45) is 5.73 Å². The van der Waals surface area contributed by atoms with Gasteiger partial charge < -0.3 is 16.4 Å². The molecule has 3 aromatic heterocycles. The third kappa shape index (κ3) is 4.40. The minimum absolute atomic E-state index is 0.0107. The summed E-state index contributed by atoms with van der Waals surface area (Å²) in [5.74, 6) is 1.07. The van der Waals surface area contributed by atoms with E-state index in [0.29, 0.717) is 35.9 Å². The molecule has 0 aliphatic heterocycles. The fourth-order valence-corrected chi connectivity index (χ4v) is 5.44. The summed E-state index contributed by atoms with van der Waals surface area (Å²) < 4.78 is 2.02. The number of fused-ring (bicyclic) bond motifs is 1. The maximum absolute atomic E-state index is 13.0. The molecule has 0 atom stereocenters. The molecule has 1 amide bonds. The molecule has 1 aliphatic carbocycles. The van der Waals surface area contributed by atoms with Crippen LogP contribution in [0, 0.1) is 0 Å². The van der Waals surface area contributed by atoms with Crippen LogP contribution in [0.4, 0.5) is 5.82 Å². The Morgan fingerprint density at radius 2 is 1.75 bits per heavy atom. The van der Waals surface area contributed by atoms with Crippen LogP contribution >= 0.6 is 0 Å². The summed E-state index contributed by atoms with van der Waals surface area (Å²) in [4.78, 5) is 29.1. The fraction of sp³-hybridized carbons (Fsp3) is 0.250. The molecule has 6 rings (SSSR count). The Bertz CT molecular complexity index is 1700. The molecule has 1 saturated carbocycles. The Labute approximate surface area is 233 Å². The van der Waals surface area contributed by atoms with Crippen LogP contribution in [0.15, 0.2) is 79.0 Å². The van der Waals surface area contributed by atoms with Crippen molar-refractivity contribution in [2.75, 3.05) is 18.8 Å². The Balaban J connectivity index is 1.49. The lowest BCUT2D eigenvalue weighted by Crippen LogP contribution is -2.43. The Hall–Kier alpha value is -4.56. The zero-order valence-electron chi connectivity index (χ0n) is 22.8. The maximum Gasteiger partial charge on any atom is 0.253 e. The van der Waals surface area contributed by atoms with Crippen LogP contribution < -0.4 is 11.5 Å². The lowest BCUT2D eigenvalue weighted by atomic mass is 9.73. The number of nitrogens with zero attached hydrogens (tertiary/aromatic N) is 5. The van der Waals surface area contributed by atoms with Gasteiger partial charge in [0.2, 0.25) is 0 Å². The first-order valence-corrected chi connectivity index (χ1v) is 13.8. The average molecular weight is 532 g/mol. The molecular weight excluding hydrogens is 498 g/mol. The van der Waals surface area contributed by atoms with Crippen LogP contribution in [0.2, 0.25) is 0 Å². The standard InChI is InChI=1S/C32H33N7O/c1-3-38(4-2)31(40)22-9-5-8-21(20-22)26-15-16-27-30(36-26)39(29(37-27)25-10-6-19-35-28(25)33)24-13-11-23(12-14-24)32(34)17-7-18-32/h5-6,8-16,19-20H,3-4,7,17-18,34H2,1-2H3,(H2,33,35). The van der Waals surface area contributed by atoms with Crippen molar-refractivity contribution in [1.82, 2.24) is 24.4 Å². The molecule has 1 fully saturated rings. The van der Waals surface area contributed by atoms with Crippen molar-refractivity contribution in [3.63, 3.8) is 0 Å². The van der Waals surface area contributed by atoms with Gasteiger partial charge in [0.1, 0.15) is 11.3 Å². The molecule has 40 heavy (non-hydrogen) atoms. The topological polar surface area (TPSA) is 116 Å². The van der Waals surface area contributed by atoms with E-state index >= 15 is 0 Å².